The van der Waals surface area contributed by atoms with Gasteiger partial charge in [-0.05, 0) is 24.6 Å². The largest absolute Gasteiger partial charge is 0.503 e. The number of carbonyl (C=O) groups is 2. The molecule has 4 aromatic rings. The van der Waals surface area contributed by atoms with Gasteiger partial charge >= 0.3 is 0 Å². The van der Waals surface area contributed by atoms with Crippen molar-refractivity contribution in [2.75, 3.05) is 19.1 Å². The monoisotopic (exact) mass is 459 g/mol. The minimum atomic E-state index is -0.922. The highest BCUT2D eigenvalue weighted by atomic mass is 16.5. The fourth-order valence-corrected chi connectivity index (χ4v) is 4.19. The molecule has 34 heavy (non-hydrogen) atoms. The predicted octanol–water partition coefficient (Wildman–Crippen LogP) is 4.26. The Morgan fingerprint density at radius 3 is 2.56 bits per heavy atom. The summed E-state index contributed by atoms with van der Waals surface area (Å²) < 4.78 is 16.0. The van der Waals surface area contributed by atoms with Crippen LogP contribution in [0, 0.1) is 6.92 Å². The molecule has 2 aromatic carbocycles. The van der Waals surface area contributed by atoms with Gasteiger partial charge in [0.1, 0.15) is 0 Å². The van der Waals surface area contributed by atoms with Gasteiger partial charge in [0.05, 0.1) is 43.1 Å². The second kappa shape index (κ2) is 8.11. The van der Waals surface area contributed by atoms with E-state index in [0.29, 0.717) is 28.1 Å². The van der Waals surface area contributed by atoms with Gasteiger partial charge in [0.15, 0.2) is 23.0 Å². The molecule has 1 atom stereocenters. The topological polar surface area (TPSA) is 118 Å². The van der Waals surface area contributed by atoms with Crippen LogP contribution in [-0.2, 0) is 4.79 Å². The van der Waals surface area contributed by atoms with E-state index in [0.717, 1.165) is 5.56 Å². The first-order valence-electron chi connectivity index (χ1n) is 10.5. The number of furan rings is 1. The molecule has 0 saturated heterocycles. The molecule has 1 aliphatic heterocycles. The SMILES string of the molecule is COc1cc2nc(N3C(=O)C(O)=C(C(=O)c4ccco4)C3c3cccc(C)c3)[nH]c2cc1OC. The Hall–Kier alpha value is -4.53. The maximum atomic E-state index is 13.3. The van der Waals surface area contributed by atoms with Crippen molar-refractivity contribution in [2.24, 2.45) is 0 Å². The molecule has 1 unspecified atom stereocenters. The van der Waals surface area contributed by atoms with Crippen molar-refractivity contribution in [3.63, 3.8) is 0 Å². The van der Waals surface area contributed by atoms with Gasteiger partial charge in [-0.15, -0.1) is 0 Å². The van der Waals surface area contributed by atoms with Crippen molar-refractivity contribution in [1.29, 1.82) is 0 Å². The van der Waals surface area contributed by atoms with Crippen molar-refractivity contribution in [2.45, 2.75) is 13.0 Å². The number of Topliss-reactive ketones (excluding diaryl/α,β-unsaturated/α-hetero) is 1. The second-order valence-electron chi connectivity index (χ2n) is 7.85. The van der Waals surface area contributed by atoms with Gasteiger partial charge in [-0.1, -0.05) is 29.8 Å². The third-order valence-electron chi connectivity index (χ3n) is 5.76. The third-order valence-corrected chi connectivity index (χ3v) is 5.76. The number of aliphatic hydroxyl groups excluding tert-OH is 1. The highest BCUT2D eigenvalue weighted by Gasteiger charge is 2.46. The van der Waals surface area contributed by atoms with Crippen molar-refractivity contribution >= 4 is 28.7 Å². The molecule has 2 aromatic heterocycles. The first-order valence-corrected chi connectivity index (χ1v) is 10.5. The van der Waals surface area contributed by atoms with Gasteiger partial charge in [0.2, 0.25) is 11.7 Å². The highest BCUT2D eigenvalue weighted by molar-refractivity contribution is 6.20. The van der Waals surface area contributed by atoms with Crippen LogP contribution in [0.3, 0.4) is 0 Å². The molecule has 0 saturated carbocycles. The van der Waals surface area contributed by atoms with E-state index >= 15 is 0 Å². The summed E-state index contributed by atoms with van der Waals surface area (Å²) in [6.07, 6.45) is 1.36. The van der Waals surface area contributed by atoms with Gasteiger partial charge < -0.3 is 24.0 Å². The zero-order valence-corrected chi connectivity index (χ0v) is 18.7. The number of methoxy groups -OCH3 is 2. The molecular formula is C25H21N3O6. The Morgan fingerprint density at radius 1 is 1.12 bits per heavy atom. The zero-order chi connectivity index (χ0) is 24.0. The van der Waals surface area contributed by atoms with E-state index in [9.17, 15) is 14.7 Å². The van der Waals surface area contributed by atoms with Crippen molar-refractivity contribution < 1.29 is 28.6 Å². The fourth-order valence-electron chi connectivity index (χ4n) is 4.19. The van der Waals surface area contributed by atoms with Crippen LogP contribution in [-0.4, -0.2) is 41.0 Å². The first kappa shape index (κ1) is 21.3. The molecule has 9 heteroatoms. The number of anilines is 1. The van der Waals surface area contributed by atoms with Crippen LogP contribution in [0.5, 0.6) is 11.5 Å². The summed E-state index contributed by atoms with van der Waals surface area (Å²) in [5, 5.41) is 10.8. The number of aryl methyl sites for hydroxylation is 1. The number of imidazole rings is 1. The number of hydrogen-bond acceptors (Lipinski definition) is 7. The molecule has 2 N–H and O–H groups in total. The quantitative estimate of drug-likeness (QED) is 0.414. The Bertz CT molecular complexity index is 1410. The maximum absolute atomic E-state index is 13.3. The van der Waals surface area contributed by atoms with Gasteiger partial charge in [-0.3, -0.25) is 14.5 Å². The number of aromatic amines is 1. The number of hydrogen-bond donors (Lipinski definition) is 2. The first-order chi connectivity index (χ1) is 16.4. The van der Waals surface area contributed by atoms with Gasteiger partial charge in [-0.2, -0.15) is 0 Å². The average Bonchev–Trinajstić information content (AvgIpc) is 3.56. The standard InChI is InChI=1S/C25H21N3O6/c1-13-6-4-7-14(10-13)21-20(22(29)17-8-5-9-34-17)23(30)24(31)28(21)25-26-15-11-18(32-2)19(33-3)12-16(15)27-25/h4-12,21,30H,1-3H3,(H,26,27). The zero-order valence-electron chi connectivity index (χ0n) is 18.7. The smallest absolute Gasteiger partial charge is 0.296 e. The number of benzene rings is 2. The highest BCUT2D eigenvalue weighted by Crippen LogP contribution is 2.42. The molecule has 0 bridgehead atoms. The van der Waals surface area contributed by atoms with E-state index in [1.807, 2.05) is 25.1 Å². The van der Waals surface area contributed by atoms with Gasteiger partial charge in [0, 0.05) is 12.1 Å². The number of rotatable bonds is 6. The van der Waals surface area contributed by atoms with E-state index in [4.69, 9.17) is 13.9 Å². The van der Waals surface area contributed by atoms with E-state index in [-0.39, 0.29) is 17.3 Å². The number of nitrogens with one attached hydrogen (secondary N) is 1. The number of aromatic nitrogens is 2. The maximum Gasteiger partial charge on any atom is 0.296 e. The summed E-state index contributed by atoms with van der Waals surface area (Å²) in [6.45, 7) is 1.90. The van der Waals surface area contributed by atoms with Gasteiger partial charge in [0.25, 0.3) is 5.91 Å². The Morgan fingerprint density at radius 2 is 1.88 bits per heavy atom. The summed E-state index contributed by atoms with van der Waals surface area (Å²) in [7, 11) is 3.04. The molecule has 172 valence electrons. The van der Waals surface area contributed by atoms with Crippen molar-refractivity contribution in [3.8, 4) is 11.5 Å². The fraction of sp³-hybridized carbons (Fsp3) is 0.160. The molecule has 5 rings (SSSR count). The molecule has 9 nitrogen and oxygen atoms in total. The van der Waals surface area contributed by atoms with Crippen LogP contribution < -0.4 is 14.4 Å². The van der Waals surface area contributed by atoms with Crippen LogP contribution in [0.25, 0.3) is 11.0 Å². The lowest BCUT2D eigenvalue weighted by atomic mass is 9.94. The lowest BCUT2D eigenvalue weighted by Gasteiger charge is -2.24. The van der Waals surface area contributed by atoms with E-state index in [1.165, 1.54) is 31.4 Å². The average molecular weight is 459 g/mol. The number of nitrogens with zero attached hydrogens (tertiary/aromatic N) is 2. The number of aliphatic hydroxyl groups is 1. The second-order valence-corrected chi connectivity index (χ2v) is 7.85. The molecule has 0 spiro atoms. The third kappa shape index (κ3) is 3.29. The minimum Gasteiger partial charge on any atom is -0.503 e. The normalized spacial score (nSPS) is 15.9. The minimum absolute atomic E-state index is 0.0212. The van der Waals surface area contributed by atoms with Crippen LogP contribution in [0.4, 0.5) is 5.95 Å². The van der Waals surface area contributed by atoms with Gasteiger partial charge in [-0.25, -0.2) is 4.98 Å². The lowest BCUT2D eigenvalue weighted by Crippen LogP contribution is -2.32. The predicted molar refractivity (Wildman–Crippen MR) is 123 cm³/mol. The van der Waals surface area contributed by atoms with E-state index < -0.39 is 23.5 Å². The Labute approximate surface area is 194 Å². The molecule has 1 amide bonds. The summed E-state index contributed by atoms with van der Waals surface area (Å²) in [5.41, 5.74) is 2.60. The number of fused-ring (bicyclic) bond motifs is 1. The number of ketones is 1. The number of ether oxygens (including phenoxy) is 2. The molecule has 0 aliphatic carbocycles. The van der Waals surface area contributed by atoms with Crippen LogP contribution in [0.2, 0.25) is 0 Å². The van der Waals surface area contributed by atoms with Crippen molar-refractivity contribution in [1.82, 2.24) is 9.97 Å². The molecule has 0 fully saturated rings. The number of carbonyl (C=O) groups excluding carboxylic acids is 2. The Balaban J connectivity index is 1.68. The summed E-state index contributed by atoms with van der Waals surface area (Å²) in [5.74, 6) is -0.829. The van der Waals surface area contributed by atoms with E-state index in [1.54, 1.807) is 24.3 Å². The summed E-state index contributed by atoms with van der Waals surface area (Å²) in [6, 6.07) is 12.9. The summed E-state index contributed by atoms with van der Waals surface area (Å²) >= 11 is 0. The van der Waals surface area contributed by atoms with Crippen LogP contribution in [0.1, 0.15) is 27.7 Å². The summed E-state index contributed by atoms with van der Waals surface area (Å²) in [4.78, 5) is 35.5. The molecule has 1 aliphatic rings. The number of amides is 1. The van der Waals surface area contributed by atoms with Crippen LogP contribution >= 0.6 is 0 Å². The van der Waals surface area contributed by atoms with E-state index in [2.05, 4.69) is 9.97 Å². The lowest BCUT2D eigenvalue weighted by molar-refractivity contribution is -0.117. The molecular weight excluding hydrogens is 438 g/mol. The van der Waals surface area contributed by atoms with Crippen molar-refractivity contribution in [3.05, 3.63) is 83.0 Å². The number of H-pyrrole nitrogens is 1. The molecule has 3 heterocycles. The Kier molecular flexibility index (Phi) is 5.09. The van der Waals surface area contributed by atoms with Crippen LogP contribution in [0.15, 0.2) is 70.5 Å². The molecule has 0 radical (unpaired) electrons.